The van der Waals surface area contributed by atoms with E-state index in [2.05, 4.69) is 12.2 Å². The van der Waals surface area contributed by atoms with Crippen LogP contribution in [0.5, 0.6) is 0 Å². The van der Waals surface area contributed by atoms with Crippen LogP contribution >= 0.6 is 0 Å². The summed E-state index contributed by atoms with van der Waals surface area (Å²) in [5, 5.41) is 3.39. The van der Waals surface area contributed by atoms with E-state index >= 15 is 0 Å². The molecule has 1 unspecified atom stereocenters. The molecule has 0 aliphatic carbocycles. The van der Waals surface area contributed by atoms with Gasteiger partial charge in [-0.25, -0.2) is 0 Å². The molecule has 17 heavy (non-hydrogen) atoms. The summed E-state index contributed by atoms with van der Waals surface area (Å²) in [5.74, 6) is 1.87. The molecule has 3 heteroatoms. The topological polar surface area (TPSA) is 51.2 Å². The predicted molar refractivity (Wildman–Crippen MR) is 71.1 cm³/mol. The van der Waals surface area contributed by atoms with Gasteiger partial charge >= 0.3 is 0 Å². The Morgan fingerprint density at radius 3 is 2.53 bits per heavy atom. The highest BCUT2D eigenvalue weighted by Gasteiger charge is 2.09. The third kappa shape index (κ3) is 2.61. The Balaban J connectivity index is 2.12. The van der Waals surface area contributed by atoms with Crippen LogP contribution in [0.25, 0.3) is 0 Å². The van der Waals surface area contributed by atoms with Crippen molar-refractivity contribution in [3.8, 4) is 0 Å². The number of furan rings is 1. The maximum absolute atomic E-state index is 5.79. The minimum Gasteiger partial charge on any atom is -0.464 e. The Hall–Kier alpha value is -1.90. The molecule has 0 saturated carbocycles. The van der Waals surface area contributed by atoms with Crippen molar-refractivity contribution in [1.29, 1.82) is 0 Å². The lowest BCUT2D eigenvalue weighted by Crippen LogP contribution is -2.06. The van der Waals surface area contributed by atoms with Crippen molar-refractivity contribution < 1.29 is 4.42 Å². The number of hydrogen-bond acceptors (Lipinski definition) is 3. The fraction of sp³-hybridized carbons (Fsp3) is 0.286. The zero-order valence-electron chi connectivity index (χ0n) is 10.4. The summed E-state index contributed by atoms with van der Waals surface area (Å²) in [7, 11) is 0. The number of anilines is 2. The van der Waals surface area contributed by atoms with Crippen LogP contribution in [0.4, 0.5) is 11.4 Å². The highest BCUT2D eigenvalue weighted by atomic mass is 16.3. The van der Waals surface area contributed by atoms with Crippen LogP contribution in [0.15, 0.2) is 34.7 Å². The second kappa shape index (κ2) is 4.53. The molecule has 0 saturated heterocycles. The normalized spacial score (nSPS) is 12.4. The van der Waals surface area contributed by atoms with Gasteiger partial charge in [0, 0.05) is 11.4 Å². The van der Waals surface area contributed by atoms with E-state index in [0.717, 1.165) is 28.5 Å². The highest BCUT2D eigenvalue weighted by Crippen LogP contribution is 2.23. The van der Waals surface area contributed by atoms with Gasteiger partial charge in [0.1, 0.15) is 11.5 Å². The van der Waals surface area contributed by atoms with Crippen molar-refractivity contribution in [3.05, 3.63) is 47.4 Å². The quantitative estimate of drug-likeness (QED) is 0.791. The number of aryl methyl sites for hydroxylation is 2. The summed E-state index contributed by atoms with van der Waals surface area (Å²) in [4.78, 5) is 0. The van der Waals surface area contributed by atoms with Crippen LogP contribution in [0, 0.1) is 13.8 Å². The van der Waals surface area contributed by atoms with E-state index < -0.39 is 0 Å². The van der Waals surface area contributed by atoms with Gasteiger partial charge in [-0.1, -0.05) is 0 Å². The summed E-state index contributed by atoms with van der Waals surface area (Å²) in [6.07, 6.45) is 0. The van der Waals surface area contributed by atoms with Crippen LogP contribution in [-0.2, 0) is 0 Å². The summed E-state index contributed by atoms with van der Waals surface area (Å²) < 4.78 is 5.58. The number of rotatable bonds is 3. The molecule has 0 aliphatic rings. The van der Waals surface area contributed by atoms with Crippen LogP contribution in [0.1, 0.15) is 30.0 Å². The van der Waals surface area contributed by atoms with Crippen molar-refractivity contribution in [2.75, 3.05) is 11.1 Å². The molecule has 2 rings (SSSR count). The van der Waals surface area contributed by atoms with Crippen molar-refractivity contribution in [3.63, 3.8) is 0 Å². The minimum atomic E-state index is 0.145. The standard InChI is InChI=1S/C14H18N2O/c1-9-8-12(5-6-13(9)15)16-11(3)14-7-4-10(2)17-14/h4-8,11,16H,15H2,1-3H3. The molecule has 1 heterocycles. The van der Waals surface area contributed by atoms with E-state index in [1.807, 2.05) is 44.2 Å². The Morgan fingerprint density at radius 1 is 1.18 bits per heavy atom. The molecule has 3 N–H and O–H groups in total. The van der Waals surface area contributed by atoms with Crippen molar-refractivity contribution in [2.24, 2.45) is 0 Å². The first-order valence-electron chi connectivity index (χ1n) is 5.75. The first-order chi connectivity index (χ1) is 8.06. The van der Waals surface area contributed by atoms with Gasteiger partial charge in [0.15, 0.2) is 0 Å². The fourth-order valence-corrected chi connectivity index (χ4v) is 1.77. The molecule has 90 valence electrons. The van der Waals surface area contributed by atoms with Crippen LogP contribution < -0.4 is 11.1 Å². The van der Waals surface area contributed by atoms with E-state index in [1.165, 1.54) is 0 Å². The SMILES string of the molecule is Cc1ccc(C(C)Nc2ccc(N)c(C)c2)o1. The lowest BCUT2D eigenvalue weighted by Gasteiger charge is -2.14. The van der Waals surface area contributed by atoms with Gasteiger partial charge in [-0.2, -0.15) is 0 Å². The van der Waals surface area contributed by atoms with Crippen LogP contribution in [-0.4, -0.2) is 0 Å². The van der Waals surface area contributed by atoms with Gasteiger partial charge in [0.25, 0.3) is 0 Å². The molecular weight excluding hydrogens is 212 g/mol. The Bertz CT molecular complexity index is 517. The molecule has 3 nitrogen and oxygen atoms in total. The number of benzene rings is 1. The lowest BCUT2D eigenvalue weighted by atomic mass is 10.1. The molecule has 0 spiro atoms. The third-order valence-electron chi connectivity index (χ3n) is 2.84. The molecule has 1 atom stereocenters. The van der Waals surface area contributed by atoms with Gasteiger partial charge in [-0.05, 0) is 56.7 Å². The largest absolute Gasteiger partial charge is 0.464 e. The number of nitrogens with two attached hydrogens (primary N) is 1. The predicted octanol–water partition coefficient (Wildman–Crippen LogP) is 3.65. The van der Waals surface area contributed by atoms with Crippen molar-refractivity contribution >= 4 is 11.4 Å². The number of nitrogens with one attached hydrogen (secondary N) is 1. The molecule has 0 fully saturated rings. The lowest BCUT2D eigenvalue weighted by molar-refractivity contribution is 0.467. The molecule has 1 aromatic heterocycles. The molecular formula is C14H18N2O. The fourth-order valence-electron chi connectivity index (χ4n) is 1.77. The highest BCUT2D eigenvalue weighted by molar-refractivity contribution is 5.57. The van der Waals surface area contributed by atoms with E-state index in [1.54, 1.807) is 0 Å². The van der Waals surface area contributed by atoms with Crippen LogP contribution in [0.2, 0.25) is 0 Å². The van der Waals surface area contributed by atoms with Gasteiger partial charge in [-0.3, -0.25) is 0 Å². The van der Waals surface area contributed by atoms with Gasteiger partial charge < -0.3 is 15.5 Å². The van der Waals surface area contributed by atoms with Gasteiger partial charge in [-0.15, -0.1) is 0 Å². The summed E-state index contributed by atoms with van der Waals surface area (Å²) in [6, 6.07) is 10.1. The number of nitrogen functional groups attached to an aromatic ring is 1. The molecule has 0 bridgehead atoms. The van der Waals surface area contributed by atoms with E-state index in [-0.39, 0.29) is 6.04 Å². The smallest absolute Gasteiger partial charge is 0.126 e. The maximum atomic E-state index is 5.79. The average Bonchev–Trinajstić information content (AvgIpc) is 2.70. The molecule has 1 aromatic carbocycles. The van der Waals surface area contributed by atoms with E-state index in [0.29, 0.717) is 0 Å². The van der Waals surface area contributed by atoms with Crippen molar-refractivity contribution in [1.82, 2.24) is 0 Å². The Morgan fingerprint density at radius 2 is 1.94 bits per heavy atom. The van der Waals surface area contributed by atoms with Gasteiger partial charge in [0.2, 0.25) is 0 Å². The first kappa shape index (κ1) is 11.6. The molecule has 2 aromatic rings. The monoisotopic (exact) mass is 230 g/mol. The third-order valence-corrected chi connectivity index (χ3v) is 2.84. The Kier molecular flexibility index (Phi) is 3.09. The van der Waals surface area contributed by atoms with Crippen LogP contribution in [0.3, 0.4) is 0 Å². The summed E-state index contributed by atoms with van der Waals surface area (Å²) in [5.41, 5.74) is 8.74. The molecule has 0 amide bonds. The van der Waals surface area contributed by atoms with Gasteiger partial charge in [0.05, 0.1) is 6.04 Å². The summed E-state index contributed by atoms with van der Waals surface area (Å²) >= 11 is 0. The minimum absolute atomic E-state index is 0.145. The second-order valence-electron chi connectivity index (χ2n) is 4.39. The zero-order chi connectivity index (χ0) is 12.4. The van der Waals surface area contributed by atoms with E-state index in [4.69, 9.17) is 10.2 Å². The summed E-state index contributed by atoms with van der Waals surface area (Å²) in [6.45, 7) is 6.02. The maximum Gasteiger partial charge on any atom is 0.126 e. The van der Waals surface area contributed by atoms with E-state index in [9.17, 15) is 0 Å². The second-order valence-corrected chi connectivity index (χ2v) is 4.39. The number of hydrogen-bond donors (Lipinski definition) is 2. The molecule has 0 aliphatic heterocycles. The zero-order valence-corrected chi connectivity index (χ0v) is 10.4. The Labute approximate surface area is 102 Å². The average molecular weight is 230 g/mol. The van der Waals surface area contributed by atoms with Crippen molar-refractivity contribution in [2.45, 2.75) is 26.8 Å². The first-order valence-corrected chi connectivity index (χ1v) is 5.75. The molecule has 0 radical (unpaired) electrons.